The van der Waals surface area contributed by atoms with Crippen molar-refractivity contribution in [2.45, 2.75) is 16.5 Å². The van der Waals surface area contributed by atoms with Gasteiger partial charge in [0.25, 0.3) is 0 Å². The topological polar surface area (TPSA) is 112 Å². The highest BCUT2D eigenvalue weighted by atomic mass is 32.2. The molecule has 1 fully saturated rings. The summed E-state index contributed by atoms with van der Waals surface area (Å²) in [5.41, 5.74) is 7.53. The number of rotatable bonds is 9. The van der Waals surface area contributed by atoms with E-state index in [1.165, 1.54) is 11.8 Å². The van der Waals surface area contributed by atoms with E-state index in [9.17, 15) is 0 Å². The van der Waals surface area contributed by atoms with Crippen LogP contribution in [0.2, 0.25) is 0 Å². The van der Waals surface area contributed by atoms with Gasteiger partial charge in [-0.2, -0.15) is 20.1 Å². The number of aromatic nitrogens is 5. The van der Waals surface area contributed by atoms with E-state index in [0.29, 0.717) is 22.9 Å². The van der Waals surface area contributed by atoms with Crippen LogP contribution in [0, 0.1) is 0 Å². The Balaban J connectivity index is 1.52. The number of anilines is 4. The van der Waals surface area contributed by atoms with E-state index in [2.05, 4.69) is 43.9 Å². The largest absolute Gasteiger partial charge is 0.399 e. The van der Waals surface area contributed by atoms with Crippen molar-refractivity contribution in [3.8, 4) is 0 Å². The average Bonchev–Trinajstić information content (AvgIpc) is 3.28. The molecule has 0 bridgehead atoms. The monoisotopic (exact) mass is 475 g/mol. The number of nitrogens with zero attached hydrogens (tertiary/aromatic N) is 6. The Morgan fingerprint density at radius 1 is 1.09 bits per heavy atom. The molecule has 1 saturated heterocycles. The number of nitrogens with two attached hydrogens (primary N) is 1. The zero-order valence-electron chi connectivity index (χ0n) is 19.2. The predicted molar refractivity (Wildman–Crippen MR) is 139 cm³/mol. The Morgan fingerprint density at radius 3 is 2.65 bits per heavy atom. The number of likely N-dealkylation sites (N-methyl/N-ethyl adjacent to an activating group) is 1. The highest BCUT2D eigenvalue weighted by molar-refractivity contribution is 7.99. The number of allylic oxidation sites excluding steroid dienone is 5. The number of hydrogen-bond acceptors (Lipinski definition) is 9. The maximum Gasteiger partial charge on any atom is 0.234 e. The van der Waals surface area contributed by atoms with E-state index < -0.39 is 0 Å². The van der Waals surface area contributed by atoms with Gasteiger partial charge < -0.3 is 20.9 Å². The van der Waals surface area contributed by atoms with Gasteiger partial charge in [0, 0.05) is 54.9 Å². The Hall–Kier alpha value is -3.63. The first-order valence-corrected chi connectivity index (χ1v) is 11.9. The lowest BCUT2D eigenvalue weighted by Gasteiger charge is -2.32. The summed E-state index contributed by atoms with van der Waals surface area (Å²) in [6, 6.07) is 9.62. The second-order valence-corrected chi connectivity index (χ2v) is 8.90. The van der Waals surface area contributed by atoms with Gasteiger partial charge in [0.15, 0.2) is 11.0 Å². The highest BCUT2D eigenvalue weighted by Gasteiger charge is 2.19. The maximum atomic E-state index is 5.82. The second kappa shape index (κ2) is 11.5. The minimum atomic E-state index is 0.462. The van der Waals surface area contributed by atoms with Crippen LogP contribution in [0.5, 0.6) is 0 Å². The van der Waals surface area contributed by atoms with Crippen LogP contribution in [-0.4, -0.2) is 63.3 Å². The number of benzene rings is 1. The lowest BCUT2D eigenvalue weighted by atomic mass is 10.3. The molecule has 2 aromatic heterocycles. The van der Waals surface area contributed by atoms with Crippen LogP contribution in [0.15, 0.2) is 77.3 Å². The van der Waals surface area contributed by atoms with Gasteiger partial charge in [-0.25, -0.2) is 0 Å². The van der Waals surface area contributed by atoms with Crippen LogP contribution in [0.3, 0.4) is 0 Å². The molecule has 0 unspecified atom stereocenters. The van der Waals surface area contributed by atoms with Gasteiger partial charge in [-0.1, -0.05) is 37.0 Å². The van der Waals surface area contributed by atoms with Gasteiger partial charge in [0.1, 0.15) is 0 Å². The van der Waals surface area contributed by atoms with Gasteiger partial charge in [-0.15, -0.1) is 0 Å². The van der Waals surface area contributed by atoms with Crippen molar-refractivity contribution < 1.29 is 0 Å². The van der Waals surface area contributed by atoms with Crippen LogP contribution >= 0.6 is 11.8 Å². The molecule has 0 spiro atoms. The van der Waals surface area contributed by atoms with Gasteiger partial charge in [0.05, 0.1) is 0 Å². The molecule has 0 aliphatic carbocycles. The molecule has 4 rings (SSSR count). The molecule has 0 radical (unpaired) electrons. The molecule has 10 heteroatoms. The molecule has 1 aliphatic rings. The molecule has 3 aromatic rings. The van der Waals surface area contributed by atoms with Gasteiger partial charge in [-0.05, 0) is 43.1 Å². The van der Waals surface area contributed by atoms with Gasteiger partial charge in [-0.3, -0.25) is 5.10 Å². The van der Waals surface area contributed by atoms with E-state index in [-0.39, 0.29) is 0 Å². The predicted octanol–water partition coefficient (Wildman–Crippen LogP) is 3.66. The Kier molecular flexibility index (Phi) is 7.95. The number of H-pyrrole nitrogens is 1. The summed E-state index contributed by atoms with van der Waals surface area (Å²) >= 11 is 1.48. The fraction of sp³-hybridized carbons (Fsp3) is 0.250. The van der Waals surface area contributed by atoms with Crippen molar-refractivity contribution in [3.05, 3.63) is 73.0 Å². The molecular weight excluding hydrogens is 446 g/mol. The van der Waals surface area contributed by atoms with Crippen molar-refractivity contribution in [2.24, 2.45) is 0 Å². The standard InChI is InChI=1S/C24H29N9S/c1-3-4-5-6-7-8-19-17-21(31-30-19)26-22-27-23(33-15-13-32(2)14-16-33)29-24(28-22)34-20-11-9-18(25)10-12-20/h3-7,9-12,17H,1,8,13-16,25H2,2H3,(H2,26,27,28,29,30,31)/b5-4-,7-6-. The third kappa shape index (κ3) is 6.69. The van der Waals surface area contributed by atoms with E-state index in [1.54, 1.807) is 6.08 Å². The zero-order chi connectivity index (χ0) is 23.8. The quantitative estimate of drug-likeness (QED) is 0.315. The summed E-state index contributed by atoms with van der Waals surface area (Å²) in [5, 5.41) is 11.3. The maximum absolute atomic E-state index is 5.82. The van der Waals surface area contributed by atoms with Crippen LogP contribution in [0.1, 0.15) is 5.69 Å². The van der Waals surface area contributed by atoms with Crippen LogP contribution in [0.4, 0.5) is 23.4 Å². The number of nitrogens with one attached hydrogen (secondary N) is 2. The molecule has 1 aromatic carbocycles. The summed E-state index contributed by atoms with van der Waals surface area (Å²) in [4.78, 5) is 19.6. The van der Waals surface area contributed by atoms with Crippen LogP contribution < -0.4 is 16.0 Å². The molecule has 1 aliphatic heterocycles. The van der Waals surface area contributed by atoms with Crippen molar-refractivity contribution in [3.63, 3.8) is 0 Å². The van der Waals surface area contributed by atoms with Crippen molar-refractivity contribution >= 4 is 35.2 Å². The first kappa shape index (κ1) is 23.5. The summed E-state index contributed by atoms with van der Waals surface area (Å²) in [7, 11) is 2.13. The molecule has 0 atom stereocenters. The minimum Gasteiger partial charge on any atom is -0.399 e. The SMILES string of the molecule is C=C/C=C\C=C/Cc1cc(Nc2nc(Sc3ccc(N)cc3)nc(N3CCN(C)CC3)n2)n[nH]1. The molecule has 4 N–H and O–H groups in total. The van der Waals surface area contributed by atoms with Gasteiger partial charge in [0.2, 0.25) is 11.9 Å². The normalized spacial score (nSPS) is 14.8. The lowest BCUT2D eigenvalue weighted by Crippen LogP contribution is -2.45. The third-order valence-corrected chi connectivity index (χ3v) is 6.05. The summed E-state index contributed by atoms with van der Waals surface area (Å²) in [6.07, 6.45) is 10.3. The zero-order valence-corrected chi connectivity index (χ0v) is 20.0. The average molecular weight is 476 g/mol. The Labute approximate surface area is 203 Å². The number of hydrogen-bond donors (Lipinski definition) is 3. The first-order chi connectivity index (χ1) is 16.6. The Morgan fingerprint density at radius 2 is 1.88 bits per heavy atom. The molecule has 3 heterocycles. The van der Waals surface area contributed by atoms with E-state index in [0.717, 1.165) is 48.9 Å². The third-order valence-electron chi connectivity index (χ3n) is 5.18. The smallest absolute Gasteiger partial charge is 0.234 e. The molecule has 176 valence electrons. The summed E-state index contributed by atoms with van der Waals surface area (Å²) < 4.78 is 0. The van der Waals surface area contributed by atoms with Gasteiger partial charge >= 0.3 is 0 Å². The molecule has 0 amide bonds. The van der Waals surface area contributed by atoms with E-state index >= 15 is 0 Å². The summed E-state index contributed by atoms with van der Waals surface area (Å²) in [6.45, 7) is 7.32. The Bertz CT molecular complexity index is 1150. The lowest BCUT2D eigenvalue weighted by molar-refractivity contribution is 0.311. The summed E-state index contributed by atoms with van der Waals surface area (Å²) in [5.74, 6) is 1.78. The molecule has 34 heavy (non-hydrogen) atoms. The fourth-order valence-electron chi connectivity index (χ4n) is 3.30. The number of nitrogen functional groups attached to an aromatic ring is 1. The minimum absolute atomic E-state index is 0.462. The van der Waals surface area contributed by atoms with E-state index in [1.807, 2.05) is 54.6 Å². The van der Waals surface area contributed by atoms with Crippen molar-refractivity contribution in [2.75, 3.05) is 49.2 Å². The second-order valence-electron chi connectivity index (χ2n) is 7.86. The van der Waals surface area contributed by atoms with Crippen molar-refractivity contribution in [1.29, 1.82) is 0 Å². The molecule has 9 nitrogen and oxygen atoms in total. The molecular formula is C24H29N9S. The fourth-order valence-corrected chi connectivity index (χ4v) is 4.04. The molecule has 0 saturated carbocycles. The van der Waals surface area contributed by atoms with Crippen molar-refractivity contribution in [1.82, 2.24) is 30.0 Å². The highest BCUT2D eigenvalue weighted by Crippen LogP contribution is 2.28. The number of aromatic amines is 1. The first-order valence-electron chi connectivity index (χ1n) is 11.1. The van der Waals surface area contributed by atoms with Crippen LogP contribution in [-0.2, 0) is 6.42 Å². The van der Waals surface area contributed by atoms with E-state index in [4.69, 9.17) is 15.7 Å². The number of piperazine rings is 1. The van der Waals surface area contributed by atoms with Crippen LogP contribution in [0.25, 0.3) is 0 Å².